The highest BCUT2D eigenvalue weighted by atomic mass is 19.1. The number of halogens is 1. The number of benzene rings is 1. The van der Waals surface area contributed by atoms with Crippen LogP contribution in [0.3, 0.4) is 0 Å². The molecule has 0 radical (unpaired) electrons. The number of aromatic nitrogens is 1. The number of amides is 2. The molecule has 2 aromatic rings. The first-order valence-corrected chi connectivity index (χ1v) is 13.8. The summed E-state index contributed by atoms with van der Waals surface area (Å²) in [6.45, 7) is 6.13. The topological polar surface area (TPSA) is 104 Å². The summed E-state index contributed by atoms with van der Waals surface area (Å²) in [5, 5.41) is 17.2. The number of rotatable bonds is 8. The number of nitrogens with one attached hydrogen (secondary N) is 2. The van der Waals surface area contributed by atoms with E-state index in [2.05, 4.69) is 28.6 Å². The van der Waals surface area contributed by atoms with E-state index in [1.165, 1.54) is 12.1 Å². The number of hydrogen-bond acceptors (Lipinski definition) is 6. The van der Waals surface area contributed by atoms with Crippen molar-refractivity contribution in [3.8, 4) is 5.75 Å². The summed E-state index contributed by atoms with van der Waals surface area (Å²) in [5.74, 6) is -0.354. The molecule has 1 aromatic heterocycles. The summed E-state index contributed by atoms with van der Waals surface area (Å²) in [4.78, 5) is 31.5. The first-order valence-electron chi connectivity index (χ1n) is 13.8. The molecule has 2 unspecified atom stereocenters. The van der Waals surface area contributed by atoms with Crippen molar-refractivity contribution in [3.63, 3.8) is 0 Å². The van der Waals surface area contributed by atoms with Gasteiger partial charge in [0.2, 0.25) is 11.8 Å². The maximum absolute atomic E-state index is 14.4. The molecule has 0 saturated heterocycles. The van der Waals surface area contributed by atoms with Crippen LogP contribution in [0.2, 0.25) is 0 Å². The highest BCUT2D eigenvalue weighted by Gasteiger charge is 2.23. The minimum atomic E-state index is -0.935. The lowest BCUT2D eigenvalue weighted by atomic mass is 10.00. The maximum atomic E-state index is 14.4. The third-order valence-corrected chi connectivity index (χ3v) is 6.62. The molecule has 2 heterocycles. The summed E-state index contributed by atoms with van der Waals surface area (Å²) >= 11 is 0. The zero-order chi connectivity index (χ0) is 28.0. The fraction of sp³-hybridized carbons (Fsp3) is 0.500. The normalized spacial score (nSPS) is 18.3. The number of fused-ring (bicyclic) bond motifs is 2. The molecule has 8 nitrogen and oxygen atoms in total. The summed E-state index contributed by atoms with van der Waals surface area (Å²) < 4.78 is 20.1. The van der Waals surface area contributed by atoms with Gasteiger partial charge in [0, 0.05) is 57.5 Å². The lowest BCUT2D eigenvalue weighted by molar-refractivity contribution is -0.131. The van der Waals surface area contributed by atoms with E-state index in [9.17, 15) is 19.1 Å². The Bertz CT molecular complexity index is 1110. The van der Waals surface area contributed by atoms with Gasteiger partial charge in [-0.2, -0.15) is 0 Å². The summed E-state index contributed by atoms with van der Waals surface area (Å²) in [6.07, 6.45) is 9.12. The zero-order valence-electron chi connectivity index (χ0n) is 23.0. The molecular formula is C30H41FN4O4. The van der Waals surface area contributed by atoms with Crippen LogP contribution in [-0.2, 0) is 29.0 Å². The van der Waals surface area contributed by atoms with Gasteiger partial charge in [-0.15, -0.1) is 0 Å². The number of hydrogen-bond donors (Lipinski definition) is 3. The zero-order valence-corrected chi connectivity index (χ0v) is 23.0. The van der Waals surface area contributed by atoms with Crippen molar-refractivity contribution < 1.29 is 23.8 Å². The van der Waals surface area contributed by atoms with Gasteiger partial charge >= 0.3 is 0 Å². The fourth-order valence-corrected chi connectivity index (χ4v) is 4.54. The quantitative estimate of drug-likeness (QED) is 0.444. The van der Waals surface area contributed by atoms with Crippen molar-refractivity contribution in [2.45, 2.75) is 71.1 Å². The van der Waals surface area contributed by atoms with Gasteiger partial charge in [0.15, 0.2) is 0 Å². The number of aryl methyl sites for hydroxylation is 1. The minimum absolute atomic E-state index is 0.00400. The monoisotopic (exact) mass is 540 g/mol. The first-order chi connectivity index (χ1) is 18.9. The number of carbonyl (C=O) groups is 2. The van der Waals surface area contributed by atoms with Crippen LogP contribution in [0.4, 0.5) is 4.39 Å². The van der Waals surface area contributed by atoms with Crippen molar-refractivity contribution in [1.29, 1.82) is 0 Å². The average Bonchev–Trinajstić information content (AvgIpc) is 2.91. The van der Waals surface area contributed by atoms with Gasteiger partial charge in [-0.25, -0.2) is 4.39 Å². The van der Waals surface area contributed by atoms with E-state index in [0.717, 1.165) is 24.0 Å². The number of pyridine rings is 1. The third-order valence-electron chi connectivity index (χ3n) is 6.62. The van der Waals surface area contributed by atoms with Crippen LogP contribution in [0, 0.1) is 5.82 Å². The Balaban J connectivity index is 1.73. The molecule has 3 rings (SSSR count). The average molecular weight is 541 g/mol. The van der Waals surface area contributed by atoms with E-state index in [1.807, 2.05) is 25.3 Å². The molecule has 0 aliphatic carbocycles. The second-order valence-electron chi connectivity index (χ2n) is 9.90. The molecule has 0 fully saturated rings. The molecular weight excluding hydrogens is 499 g/mol. The third kappa shape index (κ3) is 10.4. The molecule has 2 atom stereocenters. The minimum Gasteiger partial charge on any atom is -0.489 e. The molecule has 0 saturated carbocycles. The SMILES string of the molecule is CCCN1CC=CCOc2cc(F)cc(c2)CC(C(O)CNCc2cncc(CC)c2)NC(=O)CCCC1=O. The molecule has 3 N–H and O–H groups in total. The Labute approximate surface area is 230 Å². The number of aliphatic hydroxyl groups excluding tert-OH is 1. The van der Waals surface area contributed by atoms with Crippen LogP contribution >= 0.6 is 0 Å². The standard InChI is InChI=1S/C30H41FN4O4/c1-3-10-35-11-5-6-12-39-26-15-23(14-25(31)17-26)16-27(34-29(37)8-7-9-30(35)38)28(36)21-33-20-24-13-22(4-2)18-32-19-24/h5-6,13-15,17-19,27-28,33,36H,3-4,7-12,16,20-21H2,1-2H3,(H,34,37). The molecule has 39 heavy (non-hydrogen) atoms. The van der Waals surface area contributed by atoms with Gasteiger partial charge in [0.25, 0.3) is 0 Å². The van der Waals surface area contributed by atoms with Crippen LogP contribution in [0.15, 0.2) is 48.8 Å². The predicted octanol–water partition coefficient (Wildman–Crippen LogP) is 3.32. The Morgan fingerprint density at radius 3 is 2.77 bits per heavy atom. The van der Waals surface area contributed by atoms with E-state index in [-0.39, 0.29) is 44.2 Å². The van der Waals surface area contributed by atoms with Crippen LogP contribution in [-0.4, -0.2) is 65.2 Å². The van der Waals surface area contributed by atoms with Crippen LogP contribution in [0.1, 0.15) is 56.2 Å². The van der Waals surface area contributed by atoms with E-state index in [1.54, 1.807) is 17.2 Å². The van der Waals surface area contributed by atoms with Gasteiger partial charge in [0.05, 0.1) is 12.1 Å². The lowest BCUT2D eigenvalue weighted by Gasteiger charge is -2.25. The Morgan fingerprint density at radius 2 is 1.97 bits per heavy atom. The molecule has 212 valence electrons. The van der Waals surface area contributed by atoms with Crippen LogP contribution < -0.4 is 15.4 Å². The van der Waals surface area contributed by atoms with Crippen molar-refractivity contribution in [1.82, 2.24) is 20.5 Å². The molecule has 2 bridgehead atoms. The van der Waals surface area contributed by atoms with E-state index < -0.39 is 18.0 Å². The number of carbonyl (C=O) groups excluding carboxylic acids is 2. The predicted molar refractivity (Wildman–Crippen MR) is 149 cm³/mol. The van der Waals surface area contributed by atoms with Crippen molar-refractivity contribution in [2.24, 2.45) is 0 Å². The highest BCUT2D eigenvalue weighted by Crippen LogP contribution is 2.19. The van der Waals surface area contributed by atoms with Crippen molar-refractivity contribution >= 4 is 11.8 Å². The first kappa shape index (κ1) is 30.2. The molecule has 2 amide bonds. The van der Waals surface area contributed by atoms with Gasteiger partial charge in [-0.05, 0) is 60.6 Å². The largest absolute Gasteiger partial charge is 0.489 e. The number of nitrogens with zero attached hydrogens (tertiary/aromatic N) is 2. The van der Waals surface area contributed by atoms with Crippen LogP contribution in [0.5, 0.6) is 5.75 Å². The Kier molecular flexibility index (Phi) is 12.4. The molecule has 1 aliphatic rings. The van der Waals surface area contributed by atoms with Crippen molar-refractivity contribution in [2.75, 3.05) is 26.2 Å². The Morgan fingerprint density at radius 1 is 1.15 bits per heavy atom. The second kappa shape index (κ2) is 16.0. The molecule has 9 heteroatoms. The fourth-order valence-electron chi connectivity index (χ4n) is 4.54. The number of ether oxygens (including phenoxy) is 1. The van der Waals surface area contributed by atoms with Crippen molar-refractivity contribution in [3.05, 3.63) is 71.3 Å². The molecule has 1 aliphatic heterocycles. The lowest BCUT2D eigenvalue weighted by Crippen LogP contribution is -2.48. The molecule has 0 spiro atoms. The number of aliphatic hydroxyl groups is 1. The summed E-state index contributed by atoms with van der Waals surface area (Å²) in [7, 11) is 0. The smallest absolute Gasteiger partial charge is 0.222 e. The Hall–Kier alpha value is -3.30. The molecule has 1 aromatic carbocycles. The van der Waals surface area contributed by atoms with Gasteiger partial charge in [0.1, 0.15) is 18.2 Å². The van der Waals surface area contributed by atoms with E-state index in [0.29, 0.717) is 37.4 Å². The van der Waals surface area contributed by atoms with Gasteiger partial charge in [-0.1, -0.05) is 26.0 Å². The summed E-state index contributed by atoms with van der Waals surface area (Å²) in [6, 6.07) is 5.82. The second-order valence-corrected chi connectivity index (χ2v) is 9.90. The van der Waals surface area contributed by atoms with Crippen LogP contribution in [0.25, 0.3) is 0 Å². The highest BCUT2D eigenvalue weighted by molar-refractivity contribution is 5.79. The maximum Gasteiger partial charge on any atom is 0.222 e. The van der Waals surface area contributed by atoms with Gasteiger partial charge in [-0.3, -0.25) is 14.6 Å². The van der Waals surface area contributed by atoms with E-state index >= 15 is 0 Å². The van der Waals surface area contributed by atoms with E-state index in [4.69, 9.17) is 4.74 Å². The summed E-state index contributed by atoms with van der Waals surface area (Å²) in [5.41, 5.74) is 2.74. The van der Waals surface area contributed by atoms with Gasteiger partial charge < -0.3 is 25.4 Å².